The maximum atomic E-state index is 13.1. The topological polar surface area (TPSA) is 95.6 Å². The quantitative estimate of drug-likeness (QED) is 0.295. The van der Waals surface area contributed by atoms with Crippen molar-refractivity contribution in [2.24, 2.45) is 0 Å². The number of carbonyl (C=O) groups excluding carboxylic acids is 4. The first-order chi connectivity index (χ1) is 13.0. The molecule has 0 saturated heterocycles. The molecular weight excluding hydrogens is 414 g/mol. The average molecular weight is 440 g/mol. The first kappa shape index (κ1) is 22.8. The Balaban J connectivity index is 3.16. The van der Waals surface area contributed by atoms with Gasteiger partial charge in [0.2, 0.25) is 12.3 Å². The van der Waals surface area contributed by atoms with Gasteiger partial charge in [-0.1, -0.05) is 28.1 Å². The Morgan fingerprint density at radius 1 is 1.26 bits per heavy atom. The molecule has 0 aromatic heterocycles. The van der Waals surface area contributed by atoms with Crippen LogP contribution in [0.4, 0.5) is 5.69 Å². The maximum absolute atomic E-state index is 13.1. The monoisotopic (exact) mass is 439 g/mol. The molecule has 1 atom stereocenters. The Morgan fingerprint density at radius 3 is 2.59 bits per heavy atom. The maximum Gasteiger partial charge on any atom is 0.263 e. The van der Waals surface area contributed by atoms with Gasteiger partial charge in [-0.15, -0.1) is 0 Å². The van der Waals surface area contributed by atoms with Crippen molar-refractivity contribution in [2.45, 2.75) is 38.6 Å². The van der Waals surface area contributed by atoms with Crippen LogP contribution in [0.2, 0.25) is 0 Å². The van der Waals surface area contributed by atoms with Gasteiger partial charge in [0.05, 0.1) is 5.56 Å². The zero-order valence-corrected chi connectivity index (χ0v) is 17.3. The van der Waals surface area contributed by atoms with Crippen LogP contribution >= 0.6 is 15.9 Å². The van der Waals surface area contributed by atoms with E-state index in [4.69, 9.17) is 0 Å². The Morgan fingerprint density at radius 2 is 2.00 bits per heavy atom. The van der Waals surface area contributed by atoms with Gasteiger partial charge in [0, 0.05) is 31.0 Å². The molecule has 0 aliphatic heterocycles. The molecule has 0 radical (unpaired) electrons. The minimum absolute atomic E-state index is 0.0706. The summed E-state index contributed by atoms with van der Waals surface area (Å²) in [5, 5.41) is 6.58. The van der Waals surface area contributed by atoms with Crippen LogP contribution in [-0.4, -0.2) is 54.4 Å². The van der Waals surface area contributed by atoms with E-state index < -0.39 is 17.9 Å². The number of imide groups is 1. The lowest BCUT2D eigenvalue weighted by atomic mass is 10.0. The van der Waals surface area contributed by atoms with E-state index in [2.05, 4.69) is 26.6 Å². The predicted molar refractivity (Wildman–Crippen MR) is 108 cm³/mol. The minimum atomic E-state index is -1.04. The fourth-order valence-corrected chi connectivity index (χ4v) is 3.12. The molecule has 0 heterocycles. The van der Waals surface area contributed by atoms with E-state index in [0.717, 1.165) is 23.1 Å². The van der Waals surface area contributed by atoms with Crippen LogP contribution in [0, 0.1) is 6.92 Å². The second-order valence-corrected chi connectivity index (χ2v) is 6.81. The van der Waals surface area contributed by atoms with Crippen LogP contribution in [0.15, 0.2) is 18.2 Å². The number of hydrogen-bond donors (Lipinski definition) is 2. The molecule has 0 aliphatic carbocycles. The van der Waals surface area contributed by atoms with Crippen LogP contribution in [0.5, 0.6) is 0 Å². The zero-order chi connectivity index (χ0) is 20.2. The molecule has 0 aliphatic rings. The fraction of sp³-hybridized carbons (Fsp3) is 0.474. The fourth-order valence-electron chi connectivity index (χ4n) is 2.72. The van der Waals surface area contributed by atoms with Crippen molar-refractivity contribution in [1.29, 1.82) is 0 Å². The zero-order valence-electron chi connectivity index (χ0n) is 15.7. The lowest BCUT2D eigenvalue weighted by Crippen LogP contribution is -2.48. The van der Waals surface area contributed by atoms with E-state index in [1.807, 2.05) is 6.07 Å². The number of aldehydes is 1. The van der Waals surface area contributed by atoms with Gasteiger partial charge in [0.25, 0.3) is 5.91 Å². The van der Waals surface area contributed by atoms with Gasteiger partial charge in [-0.3, -0.25) is 19.3 Å². The molecule has 0 fully saturated rings. The third-order valence-electron chi connectivity index (χ3n) is 4.15. The standard InChI is InChI=1S/C19H26BrN3O4/c1-14-7-5-8-15(22-11-4-3-10-20)17(14)19(27)23(13-25)16(9-6-12-24)18(26)21-2/h5,7-8,12-13,16,22H,3-4,6,9-11H2,1-2H3,(H,21,26). The second kappa shape index (κ2) is 12.2. The van der Waals surface area contributed by atoms with Crippen molar-refractivity contribution in [3.63, 3.8) is 0 Å². The number of benzene rings is 1. The van der Waals surface area contributed by atoms with Gasteiger partial charge in [-0.2, -0.15) is 0 Å². The molecule has 3 amide bonds. The van der Waals surface area contributed by atoms with E-state index >= 15 is 0 Å². The van der Waals surface area contributed by atoms with Crippen molar-refractivity contribution < 1.29 is 19.2 Å². The summed E-state index contributed by atoms with van der Waals surface area (Å²) >= 11 is 3.38. The molecule has 8 heteroatoms. The summed E-state index contributed by atoms with van der Waals surface area (Å²) < 4.78 is 0. The van der Waals surface area contributed by atoms with Crippen LogP contribution in [0.1, 0.15) is 41.6 Å². The molecule has 2 N–H and O–H groups in total. The Labute approximate surface area is 168 Å². The summed E-state index contributed by atoms with van der Waals surface area (Å²) in [6, 6.07) is 4.34. The van der Waals surface area contributed by atoms with Crippen molar-refractivity contribution in [3.05, 3.63) is 29.3 Å². The van der Waals surface area contributed by atoms with Gasteiger partial charge in [0.1, 0.15) is 12.3 Å². The first-order valence-electron chi connectivity index (χ1n) is 8.84. The predicted octanol–water partition coefficient (Wildman–Crippen LogP) is 2.27. The number of alkyl halides is 1. The van der Waals surface area contributed by atoms with Gasteiger partial charge in [-0.25, -0.2) is 0 Å². The number of halogens is 1. The van der Waals surface area contributed by atoms with Crippen molar-refractivity contribution >= 4 is 46.1 Å². The van der Waals surface area contributed by atoms with Gasteiger partial charge < -0.3 is 15.4 Å². The molecular formula is C19H26BrN3O4. The smallest absolute Gasteiger partial charge is 0.263 e. The molecule has 7 nitrogen and oxygen atoms in total. The van der Waals surface area contributed by atoms with Crippen LogP contribution in [0.3, 0.4) is 0 Å². The van der Waals surface area contributed by atoms with Crippen molar-refractivity contribution in [1.82, 2.24) is 10.2 Å². The lowest BCUT2D eigenvalue weighted by Gasteiger charge is -2.26. The highest BCUT2D eigenvalue weighted by molar-refractivity contribution is 9.09. The number of nitrogens with one attached hydrogen (secondary N) is 2. The SMILES string of the molecule is CNC(=O)C(CCC=O)N(C=O)C(=O)c1c(C)cccc1NCCCCBr. The third kappa shape index (κ3) is 6.46. The average Bonchev–Trinajstić information content (AvgIpc) is 2.67. The summed E-state index contributed by atoms with van der Waals surface area (Å²) in [5.41, 5.74) is 1.67. The van der Waals surface area contributed by atoms with E-state index in [1.54, 1.807) is 19.1 Å². The lowest BCUT2D eigenvalue weighted by molar-refractivity contribution is -0.131. The van der Waals surface area contributed by atoms with E-state index in [1.165, 1.54) is 7.05 Å². The summed E-state index contributed by atoms with van der Waals surface area (Å²) in [5.74, 6) is -1.05. The third-order valence-corrected chi connectivity index (χ3v) is 4.71. The number of aryl methyl sites for hydroxylation is 1. The first-order valence-corrected chi connectivity index (χ1v) is 9.96. The number of amides is 3. The Hall–Kier alpha value is -2.22. The molecule has 0 spiro atoms. The van der Waals surface area contributed by atoms with Crippen LogP contribution in [-0.2, 0) is 14.4 Å². The van der Waals surface area contributed by atoms with Crippen LogP contribution < -0.4 is 10.6 Å². The summed E-state index contributed by atoms with van der Waals surface area (Å²) in [4.78, 5) is 48.5. The minimum Gasteiger partial charge on any atom is -0.384 e. The molecule has 1 aromatic carbocycles. The highest BCUT2D eigenvalue weighted by Crippen LogP contribution is 2.23. The number of carbonyl (C=O) groups is 4. The van der Waals surface area contributed by atoms with Crippen molar-refractivity contribution in [2.75, 3.05) is 24.2 Å². The molecule has 1 aromatic rings. The molecule has 27 heavy (non-hydrogen) atoms. The number of anilines is 1. The van der Waals surface area contributed by atoms with E-state index in [-0.39, 0.29) is 12.8 Å². The number of likely N-dealkylation sites (N-methyl/N-ethyl adjacent to an activating group) is 1. The van der Waals surface area contributed by atoms with E-state index in [0.29, 0.717) is 36.1 Å². The largest absolute Gasteiger partial charge is 0.384 e. The highest BCUT2D eigenvalue weighted by Gasteiger charge is 2.31. The van der Waals surface area contributed by atoms with Gasteiger partial charge in [-0.05, 0) is 37.8 Å². The second-order valence-electron chi connectivity index (χ2n) is 6.01. The summed E-state index contributed by atoms with van der Waals surface area (Å²) in [6.45, 7) is 2.46. The summed E-state index contributed by atoms with van der Waals surface area (Å²) in [6.07, 6.45) is 3.08. The molecule has 1 unspecified atom stereocenters. The molecule has 1 rings (SSSR count). The number of hydrogen-bond acceptors (Lipinski definition) is 5. The Kier molecular flexibility index (Phi) is 10.3. The number of nitrogens with zero attached hydrogens (tertiary/aromatic N) is 1. The normalized spacial score (nSPS) is 11.4. The van der Waals surface area contributed by atoms with Crippen molar-refractivity contribution in [3.8, 4) is 0 Å². The molecule has 148 valence electrons. The molecule has 0 saturated carbocycles. The number of unbranched alkanes of at least 4 members (excludes halogenated alkanes) is 1. The van der Waals surface area contributed by atoms with Gasteiger partial charge in [0.15, 0.2) is 0 Å². The van der Waals surface area contributed by atoms with Crippen LogP contribution in [0.25, 0.3) is 0 Å². The number of rotatable bonds is 12. The Bertz CT molecular complexity index is 666. The summed E-state index contributed by atoms with van der Waals surface area (Å²) in [7, 11) is 1.42. The molecule has 0 bridgehead atoms. The van der Waals surface area contributed by atoms with Gasteiger partial charge >= 0.3 is 0 Å². The highest BCUT2D eigenvalue weighted by atomic mass is 79.9. The van der Waals surface area contributed by atoms with E-state index in [9.17, 15) is 19.2 Å².